The van der Waals surface area contributed by atoms with Crippen molar-refractivity contribution in [1.82, 2.24) is 4.98 Å². The van der Waals surface area contributed by atoms with E-state index in [2.05, 4.69) is 23.7 Å². The number of rotatable bonds is 4. The van der Waals surface area contributed by atoms with Crippen LogP contribution in [-0.2, 0) is 4.79 Å². The van der Waals surface area contributed by atoms with Gasteiger partial charge in [-0.3, -0.25) is 0 Å². The van der Waals surface area contributed by atoms with E-state index in [0.717, 1.165) is 28.8 Å². The Hall–Kier alpha value is -1.36. The van der Waals surface area contributed by atoms with Gasteiger partial charge in [0, 0.05) is 19.2 Å². The number of hydrogen-bond donors (Lipinski definition) is 1. The number of aliphatic carboxylic acids is 1. The molecule has 0 atom stereocenters. The van der Waals surface area contributed by atoms with Crippen molar-refractivity contribution in [2.45, 2.75) is 32.6 Å². The van der Waals surface area contributed by atoms with E-state index in [-0.39, 0.29) is 0 Å². The molecule has 4 nitrogen and oxygen atoms in total. The molecule has 18 heavy (non-hydrogen) atoms. The Bertz CT molecular complexity index is 460. The van der Waals surface area contributed by atoms with Gasteiger partial charge >= 0.3 is 5.97 Å². The zero-order chi connectivity index (χ0) is 13.1. The largest absolute Gasteiger partial charge is 0.478 e. The summed E-state index contributed by atoms with van der Waals surface area (Å²) in [5, 5.41) is 9.74. The maximum absolute atomic E-state index is 10.6. The fourth-order valence-corrected chi connectivity index (χ4v) is 3.23. The van der Waals surface area contributed by atoms with Crippen molar-refractivity contribution in [3.05, 3.63) is 16.6 Å². The molecule has 0 radical (unpaired) electrons. The van der Waals surface area contributed by atoms with Gasteiger partial charge in [-0.25, -0.2) is 9.78 Å². The maximum Gasteiger partial charge on any atom is 0.328 e. The van der Waals surface area contributed by atoms with Crippen LogP contribution in [0.25, 0.3) is 6.08 Å². The summed E-state index contributed by atoms with van der Waals surface area (Å²) in [6, 6.07) is 0. The number of hydrogen-bond acceptors (Lipinski definition) is 4. The molecule has 0 saturated carbocycles. The van der Waals surface area contributed by atoms with E-state index in [0.29, 0.717) is 5.92 Å². The smallest absolute Gasteiger partial charge is 0.328 e. The van der Waals surface area contributed by atoms with E-state index in [1.54, 1.807) is 17.4 Å². The van der Waals surface area contributed by atoms with Crippen molar-refractivity contribution in [1.29, 1.82) is 0 Å². The second-order valence-corrected chi connectivity index (χ2v) is 5.78. The third-order valence-corrected chi connectivity index (χ3v) is 4.07. The van der Waals surface area contributed by atoms with E-state index < -0.39 is 5.97 Å². The van der Waals surface area contributed by atoms with Gasteiger partial charge in [0.05, 0.1) is 10.6 Å². The molecule has 0 spiro atoms. The number of carbonyl (C=O) groups is 1. The molecule has 1 N–H and O–H groups in total. The fourth-order valence-electron chi connectivity index (χ4n) is 2.06. The summed E-state index contributed by atoms with van der Waals surface area (Å²) in [6.45, 7) is 6.29. The van der Waals surface area contributed by atoms with Crippen LogP contribution in [0.1, 0.15) is 43.2 Å². The van der Waals surface area contributed by atoms with Gasteiger partial charge in [-0.15, -0.1) is 0 Å². The highest BCUT2D eigenvalue weighted by Gasteiger charge is 2.19. The highest BCUT2D eigenvalue weighted by molar-refractivity contribution is 7.16. The number of carboxylic acids is 1. The van der Waals surface area contributed by atoms with Crippen LogP contribution in [0.3, 0.4) is 0 Å². The molecule has 1 saturated heterocycles. The minimum atomic E-state index is -0.916. The molecule has 2 rings (SSSR count). The number of thiazole rings is 1. The standard InChI is InChI=1S/C13H18N2O2S/c1-9(2)12-10(5-6-11(16)17)18-13(14-12)15-7-3-4-8-15/h5-6,9H,3-4,7-8H2,1-2H3,(H,16,17)/b6-5+. The van der Waals surface area contributed by atoms with E-state index in [4.69, 9.17) is 5.11 Å². The molecule has 2 heterocycles. The first-order valence-corrected chi connectivity index (χ1v) is 7.06. The third-order valence-electron chi connectivity index (χ3n) is 2.97. The van der Waals surface area contributed by atoms with Gasteiger partial charge in [0.25, 0.3) is 0 Å². The van der Waals surface area contributed by atoms with E-state index in [9.17, 15) is 4.79 Å². The molecule has 0 aromatic carbocycles. The molecule has 5 heteroatoms. The fraction of sp³-hybridized carbons (Fsp3) is 0.538. The Balaban J connectivity index is 2.28. The van der Waals surface area contributed by atoms with Gasteiger partial charge < -0.3 is 10.0 Å². The van der Waals surface area contributed by atoms with Crippen LogP contribution in [0.2, 0.25) is 0 Å². The van der Waals surface area contributed by atoms with Crippen LogP contribution in [0.15, 0.2) is 6.08 Å². The lowest BCUT2D eigenvalue weighted by molar-refractivity contribution is -0.131. The van der Waals surface area contributed by atoms with Crippen LogP contribution in [0, 0.1) is 0 Å². The summed E-state index contributed by atoms with van der Waals surface area (Å²) in [6.07, 6.45) is 5.29. The van der Waals surface area contributed by atoms with Crippen LogP contribution in [0.5, 0.6) is 0 Å². The quantitative estimate of drug-likeness (QED) is 0.851. The summed E-state index contributed by atoms with van der Waals surface area (Å²) >= 11 is 1.59. The Morgan fingerprint density at radius 2 is 2.11 bits per heavy atom. The van der Waals surface area contributed by atoms with Gasteiger partial charge in [-0.2, -0.15) is 0 Å². The number of anilines is 1. The third kappa shape index (κ3) is 2.90. The van der Waals surface area contributed by atoms with Gasteiger partial charge in [0.2, 0.25) is 0 Å². The van der Waals surface area contributed by atoms with Crippen LogP contribution >= 0.6 is 11.3 Å². The minimum absolute atomic E-state index is 0.311. The molecule has 1 fully saturated rings. The van der Waals surface area contributed by atoms with Crippen molar-refractivity contribution >= 4 is 28.5 Å². The lowest BCUT2D eigenvalue weighted by Crippen LogP contribution is -2.17. The van der Waals surface area contributed by atoms with Crippen LogP contribution < -0.4 is 4.90 Å². The minimum Gasteiger partial charge on any atom is -0.478 e. The molecule has 0 amide bonds. The number of carboxylic acid groups (broad SMARTS) is 1. The molecular weight excluding hydrogens is 248 g/mol. The molecule has 1 aliphatic rings. The Morgan fingerprint density at radius 1 is 1.44 bits per heavy atom. The monoisotopic (exact) mass is 266 g/mol. The molecule has 0 unspecified atom stereocenters. The molecule has 1 aliphatic heterocycles. The summed E-state index contributed by atoms with van der Waals surface area (Å²) in [7, 11) is 0. The SMILES string of the molecule is CC(C)c1nc(N2CCCC2)sc1/C=C/C(=O)O. The zero-order valence-electron chi connectivity index (χ0n) is 10.7. The van der Waals surface area contributed by atoms with Crippen LogP contribution in [0.4, 0.5) is 5.13 Å². The maximum atomic E-state index is 10.6. The predicted molar refractivity (Wildman–Crippen MR) is 74.3 cm³/mol. The van der Waals surface area contributed by atoms with Crippen molar-refractivity contribution in [2.75, 3.05) is 18.0 Å². The molecular formula is C13H18N2O2S. The van der Waals surface area contributed by atoms with Crippen molar-refractivity contribution in [2.24, 2.45) is 0 Å². The molecule has 0 bridgehead atoms. The molecule has 1 aromatic heterocycles. The summed E-state index contributed by atoms with van der Waals surface area (Å²) in [4.78, 5) is 18.5. The van der Waals surface area contributed by atoms with Crippen molar-refractivity contribution in [3.63, 3.8) is 0 Å². The lowest BCUT2D eigenvalue weighted by Gasteiger charge is -2.12. The van der Waals surface area contributed by atoms with E-state index >= 15 is 0 Å². The first kappa shape index (κ1) is 13.1. The zero-order valence-corrected chi connectivity index (χ0v) is 11.5. The Morgan fingerprint density at radius 3 is 2.67 bits per heavy atom. The summed E-state index contributed by atoms with van der Waals surface area (Å²) in [5.74, 6) is -0.605. The summed E-state index contributed by atoms with van der Waals surface area (Å²) < 4.78 is 0. The topological polar surface area (TPSA) is 53.4 Å². The average Bonchev–Trinajstić information content (AvgIpc) is 2.94. The molecule has 98 valence electrons. The second-order valence-electron chi connectivity index (χ2n) is 4.77. The summed E-state index contributed by atoms with van der Waals surface area (Å²) in [5.41, 5.74) is 0.999. The first-order chi connectivity index (χ1) is 8.58. The van der Waals surface area contributed by atoms with Crippen molar-refractivity contribution < 1.29 is 9.90 Å². The average molecular weight is 266 g/mol. The number of nitrogens with zero attached hydrogens (tertiary/aromatic N) is 2. The molecule has 1 aromatic rings. The highest BCUT2D eigenvalue weighted by Crippen LogP contribution is 2.33. The Kier molecular flexibility index (Phi) is 4.01. The second kappa shape index (κ2) is 5.52. The van der Waals surface area contributed by atoms with Gasteiger partial charge in [-0.05, 0) is 24.8 Å². The van der Waals surface area contributed by atoms with Gasteiger partial charge in [0.1, 0.15) is 0 Å². The van der Waals surface area contributed by atoms with E-state index in [1.165, 1.54) is 18.9 Å². The lowest BCUT2D eigenvalue weighted by atomic mass is 10.1. The predicted octanol–water partition coefficient (Wildman–Crippen LogP) is 2.96. The number of aromatic nitrogens is 1. The van der Waals surface area contributed by atoms with Gasteiger partial charge in [-0.1, -0.05) is 25.2 Å². The van der Waals surface area contributed by atoms with Crippen molar-refractivity contribution in [3.8, 4) is 0 Å². The van der Waals surface area contributed by atoms with Gasteiger partial charge in [0.15, 0.2) is 5.13 Å². The highest BCUT2D eigenvalue weighted by atomic mass is 32.1. The Labute approximate surface area is 111 Å². The van der Waals surface area contributed by atoms with Crippen LogP contribution in [-0.4, -0.2) is 29.1 Å². The molecule has 0 aliphatic carbocycles. The normalized spacial score (nSPS) is 16.1. The first-order valence-electron chi connectivity index (χ1n) is 6.24. The van der Waals surface area contributed by atoms with E-state index in [1.807, 2.05) is 0 Å².